The summed E-state index contributed by atoms with van der Waals surface area (Å²) in [7, 11) is 1.97. The average molecular weight is 233 g/mol. The molecule has 2 nitrogen and oxygen atoms in total. The number of aliphatic hydroxyl groups is 1. The first kappa shape index (κ1) is 12.6. The fourth-order valence-corrected chi connectivity index (χ4v) is 3.16. The second kappa shape index (κ2) is 5.19. The van der Waals surface area contributed by atoms with Gasteiger partial charge in [0.05, 0.1) is 11.6 Å². The predicted octanol–water partition coefficient (Wildman–Crippen LogP) is 2.60. The van der Waals surface area contributed by atoms with Crippen LogP contribution in [0.25, 0.3) is 0 Å². The Labute approximate surface area is 104 Å². The molecule has 0 radical (unpaired) electrons. The van der Waals surface area contributed by atoms with E-state index in [0.29, 0.717) is 0 Å². The molecule has 2 rings (SSSR count). The first-order valence-corrected chi connectivity index (χ1v) is 6.70. The third-order valence-electron chi connectivity index (χ3n) is 4.19. The Kier molecular flexibility index (Phi) is 3.85. The Hall–Kier alpha value is -0.860. The van der Waals surface area contributed by atoms with Crippen LogP contribution in [0.1, 0.15) is 43.7 Å². The third-order valence-corrected chi connectivity index (χ3v) is 4.19. The maximum atomic E-state index is 10.4. The second-order valence-corrected chi connectivity index (χ2v) is 4.99. The van der Waals surface area contributed by atoms with Crippen molar-refractivity contribution in [1.82, 2.24) is 5.32 Å². The fraction of sp³-hybridized carbons (Fsp3) is 0.600. The van der Waals surface area contributed by atoms with Gasteiger partial charge in [-0.1, -0.05) is 44.0 Å². The smallest absolute Gasteiger partial charge is 0.0763 e. The SMILES string of the molecule is CCc1ccccc1[C@@]1(NC)CCCCC1O. The van der Waals surface area contributed by atoms with Crippen molar-refractivity contribution >= 4 is 0 Å². The van der Waals surface area contributed by atoms with E-state index in [1.165, 1.54) is 17.5 Å². The van der Waals surface area contributed by atoms with Gasteiger partial charge in [0, 0.05) is 0 Å². The number of nitrogens with one attached hydrogen (secondary N) is 1. The van der Waals surface area contributed by atoms with E-state index >= 15 is 0 Å². The van der Waals surface area contributed by atoms with Crippen LogP contribution >= 0.6 is 0 Å². The van der Waals surface area contributed by atoms with Crippen molar-refractivity contribution in [2.24, 2.45) is 0 Å². The van der Waals surface area contributed by atoms with Crippen molar-refractivity contribution in [1.29, 1.82) is 0 Å². The Morgan fingerprint density at radius 2 is 2.12 bits per heavy atom. The Bertz CT molecular complexity index is 377. The zero-order chi connectivity index (χ0) is 12.3. The molecule has 2 heteroatoms. The van der Waals surface area contributed by atoms with Gasteiger partial charge < -0.3 is 10.4 Å². The van der Waals surface area contributed by atoms with Crippen LogP contribution in [-0.4, -0.2) is 18.3 Å². The maximum Gasteiger partial charge on any atom is 0.0763 e. The summed E-state index contributed by atoms with van der Waals surface area (Å²) >= 11 is 0. The topological polar surface area (TPSA) is 32.3 Å². The summed E-state index contributed by atoms with van der Waals surface area (Å²) in [5, 5.41) is 13.8. The largest absolute Gasteiger partial charge is 0.391 e. The van der Waals surface area contributed by atoms with Gasteiger partial charge in [-0.25, -0.2) is 0 Å². The highest BCUT2D eigenvalue weighted by Gasteiger charge is 2.40. The second-order valence-electron chi connectivity index (χ2n) is 4.99. The number of aryl methyl sites for hydroxylation is 1. The third kappa shape index (κ3) is 2.12. The highest BCUT2D eigenvalue weighted by Crippen LogP contribution is 2.38. The minimum atomic E-state index is -0.269. The molecule has 0 aliphatic heterocycles. The van der Waals surface area contributed by atoms with E-state index in [0.717, 1.165) is 25.7 Å². The van der Waals surface area contributed by atoms with E-state index in [-0.39, 0.29) is 11.6 Å². The fourth-order valence-electron chi connectivity index (χ4n) is 3.16. The van der Waals surface area contributed by atoms with Crippen LogP contribution in [0.4, 0.5) is 0 Å². The van der Waals surface area contributed by atoms with Crippen molar-refractivity contribution in [2.45, 2.75) is 50.7 Å². The van der Waals surface area contributed by atoms with Crippen LogP contribution in [0.2, 0.25) is 0 Å². The normalized spacial score (nSPS) is 29.2. The highest BCUT2D eigenvalue weighted by molar-refractivity contribution is 5.35. The number of rotatable bonds is 3. The van der Waals surface area contributed by atoms with E-state index in [1.54, 1.807) is 0 Å². The van der Waals surface area contributed by atoms with Gasteiger partial charge in [0.15, 0.2) is 0 Å². The highest BCUT2D eigenvalue weighted by atomic mass is 16.3. The van der Waals surface area contributed by atoms with E-state index < -0.39 is 0 Å². The molecule has 1 fully saturated rings. The van der Waals surface area contributed by atoms with Gasteiger partial charge in [-0.15, -0.1) is 0 Å². The van der Waals surface area contributed by atoms with Crippen molar-refractivity contribution in [3.05, 3.63) is 35.4 Å². The van der Waals surface area contributed by atoms with Gasteiger partial charge in [0.1, 0.15) is 0 Å². The van der Waals surface area contributed by atoms with Crippen LogP contribution in [0.3, 0.4) is 0 Å². The molecule has 0 amide bonds. The molecule has 0 heterocycles. The van der Waals surface area contributed by atoms with Gasteiger partial charge in [-0.3, -0.25) is 0 Å². The molecule has 17 heavy (non-hydrogen) atoms. The monoisotopic (exact) mass is 233 g/mol. The van der Waals surface area contributed by atoms with Gasteiger partial charge >= 0.3 is 0 Å². The van der Waals surface area contributed by atoms with E-state index in [9.17, 15) is 5.11 Å². The summed E-state index contributed by atoms with van der Waals surface area (Å²) in [6, 6.07) is 8.51. The Morgan fingerprint density at radius 1 is 1.35 bits per heavy atom. The van der Waals surface area contributed by atoms with Crippen LogP contribution in [0, 0.1) is 0 Å². The summed E-state index contributed by atoms with van der Waals surface area (Å²) in [4.78, 5) is 0. The standard InChI is InChI=1S/C15H23NO/c1-3-12-8-4-5-9-13(12)15(16-2)11-7-6-10-14(15)17/h4-5,8-9,14,16-17H,3,6-7,10-11H2,1-2H3/t14?,15-/m0/s1. The average Bonchev–Trinajstić information content (AvgIpc) is 2.40. The zero-order valence-corrected chi connectivity index (χ0v) is 10.9. The van der Waals surface area contributed by atoms with Crippen LogP contribution < -0.4 is 5.32 Å². The predicted molar refractivity (Wildman–Crippen MR) is 71.0 cm³/mol. The number of hydrogen-bond acceptors (Lipinski definition) is 2. The van der Waals surface area contributed by atoms with Gasteiger partial charge in [-0.2, -0.15) is 0 Å². The number of likely N-dealkylation sites (N-methyl/N-ethyl adjacent to an activating group) is 1. The first-order valence-electron chi connectivity index (χ1n) is 6.70. The Morgan fingerprint density at radius 3 is 2.76 bits per heavy atom. The molecular weight excluding hydrogens is 210 g/mol. The number of aliphatic hydroxyl groups excluding tert-OH is 1. The van der Waals surface area contributed by atoms with Gasteiger partial charge in [0.2, 0.25) is 0 Å². The first-order chi connectivity index (χ1) is 8.24. The maximum absolute atomic E-state index is 10.4. The zero-order valence-electron chi connectivity index (χ0n) is 10.9. The van der Waals surface area contributed by atoms with E-state index in [2.05, 4.69) is 36.5 Å². The summed E-state index contributed by atoms with van der Waals surface area (Å²) in [5.41, 5.74) is 2.41. The number of hydrogen-bond donors (Lipinski definition) is 2. The molecule has 0 saturated heterocycles. The lowest BCUT2D eigenvalue weighted by atomic mass is 9.72. The molecule has 1 unspecified atom stereocenters. The lowest BCUT2D eigenvalue weighted by Gasteiger charge is -2.43. The minimum absolute atomic E-state index is 0.231. The summed E-state index contributed by atoms with van der Waals surface area (Å²) in [6.07, 6.45) is 5.01. The summed E-state index contributed by atoms with van der Waals surface area (Å²) in [5.74, 6) is 0. The van der Waals surface area contributed by atoms with E-state index in [1.807, 2.05) is 7.05 Å². The van der Waals surface area contributed by atoms with E-state index in [4.69, 9.17) is 0 Å². The van der Waals surface area contributed by atoms with Crippen LogP contribution in [0.5, 0.6) is 0 Å². The number of benzene rings is 1. The van der Waals surface area contributed by atoms with Crippen LogP contribution in [0.15, 0.2) is 24.3 Å². The summed E-state index contributed by atoms with van der Waals surface area (Å²) in [6.45, 7) is 2.18. The van der Waals surface area contributed by atoms with Gasteiger partial charge in [-0.05, 0) is 37.4 Å². The minimum Gasteiger partial charge on any atom is -0.391 e. The van der Waals surface area contributed by atoms with Gasteiger partial charge in [0.25, 0.3) is 0 Å². The quantitative estimate of drug-likeness (QED) is 0.841. The summed E-state index contributed by atoms with van der Waals surface area (Å²) < 4.78 is 0. The lowest BCUT2D eigenvalue weighted by molar-refractivity contribution is 0.0247. The molecular formula is C15H23NO. The van der Waals surface area contributed by atoms with Crippen molar-refractivity contribution < 1.29 is 5.11 Å². The molecule has 1 aliphatic carbocycles. The molecule has 1 aromatic carbocycles. The molecule has 2 atom stereocenters. The van der Waals surface area contributed by atoms with Crippen LogP contribution in [-0.2, 0) is 12.0 Å². The molecule has 2 N–H and O–H groups in total. The molecule has 0 bridgehead atoms. The van der Waals surface area contributed by atoms with Crippen molar-refractivity contribution in [2.75, 3.05) is 7.05 Å². The molecule has 0 aromatic heterocycles. The Balaban J connectivity index is 2.46. The van der Waals surface area contributed by atoms with Crippen molar-refractivity contribution in [3.63, 3.8) is 0 Å². The lowest BCUT2D eigenvalue weighted by Crippen LogP contribution is -2.52. The molecule has 1 aromatic rings. The molecule has 0 spiro atoms. The molecule has 94 valence electrons. The molecule has 1 aliphatic rings. The van der Waals surface area contributed by atoms with Crippen molar-refractivity contribution in [3.8, 4) is 0 Å². The molecule has 1 saturated carbocycles.